The standard InChI is InChI=1S/C16H19FN4O2.C15H20FN3O2.CBrN.Ac.Na.H2O/c1-3-13-11-21(16(22)23-13)12-4-5-15(14(17)10-12)19-6-8-20(18-2)9-7-19;1-2-12-10-19(15(20)21-12)11-3-4-14(13(16)9-11)18-7-5-17-6-8-18;2-1-3;;;/h4-5,10,13H,3,6-9,11H2,1H3;3-4,9,12,17H,2,5-8,10H2,1H3;;;;1H2/q;;;;+1;/p-1/t13-;12-;;;;/m00..../s1. The van der Waals surface area contributed by atoms with Crippen molar-refractivity contribution in [1.82, 2.24) is 10.3 Å². The van der Waals surface area contributed by atoms with Gasteiger partial charge < -0.3 is 30.1 Å². The molecule has 2 amide bonds. The molecule has 4 saturated heterocycles. The first-order chi connectivity index (χ1) is 22.7. The molecule has 13 nitrogen and oxygen atoms in total. The number of hydrogen-bond acceptors (Lipinski definition) is 10. The summed E-state index contributed by atoms with van der Waals surface area (Å²) in [4.78, 5) is 35.5. The summed E-state index contributed by atoms with van der Waals surface area (Å²) in [6.07, 6.45) is 0.462. The predicted molar refractivity (Wildman–Crippen MR) is 181 cm³/mol. The van der Waals surface area contributed by atoms with Crippen LogP contribution in [0.3, 0.4) is 0 Å². The average Bonchev–Trinajstić information content (AvgIpc) is 3.67. The van der Waals surface area contributed by atoms with Gasteiger partial charge in [0.15, 0.2) is 0 Å². The third kappa shape index (κ3) is 12.1. The molecule has 0 unspecified atom stereocenters. The van der Waals surface area contributed by atoms with E-state index in [0.717, 1.165) is 39.0 Å². The van der Waals surface area contributed by atoms with Crippen LogP contribution in [0.15, 0.2) is 36.4 Å². The molecule has 0 spiro atoms. The fourth-order valence-electron chi connectivity index (χ4n) is 5.67. The van der Waals surface area contributed by atoms with E-state index >= 15 is 0 Å². The number of nitrogens with zero attached hydrogens (tertiary/aromatic N) is 7. The summed E-state index contributed by atoms with van der Waals surface area (Å²) in [5, 5.41) is 12.1. The largest absolute Gasteiger partial charge is 1.00 e. The van der Waals surface area contributed by atoms with Gasteiger partial charge in [-0.15, -0.1) is 5.01 Å². The van der Waals surface area contributed by atoms with Crippen molar-refractivity contribution in [2.24, 2.45) is 0 Å². The number of carbonyl (C=O) groups excluding carboxylic acids is 2. The first-order valence-corrected chi connectivity index (χ1v) is 16.4. The Balaban J connectivity index is 0.000000440. The van der Waals surface area contributed by atoms with Gasteiger partial charge in [-0.3, -0.25) is 9.80 Å². The number of ether oxygens (including phenoxy) is 2. The second kappa shape index (κ2) is 22.9. The maximum Gasteiger partial charge on any atom is 1.00 e. The third-order valence-corrected chi connectivity index (χ3v) is 8.34. The van der Waals surface area contributed by atoms with Crippen LogP contribution in [0.5, 0.6) is 0 Å². The quantitative estimate of drug-likeness (QED) is 0.339. The van der Waals surface area contributed by atoms with Gasteiger partial charge in [-0.05, 0) is 49.2 Å². The number of carbonyl (C=O) groups is 2. The summed E-state index contributed by atoms with van der Waals surface area (Å²) in [5.74, 6) is -0.645. The summed E-state index contributed by atoms with van der Waals surface area (Å²) in [5.41, 5.74) is 2.19. The van der Waals surface area contributed by atoms with Crippen LogP contribution in [0.4, 0.5) is 41.1 Å². The van der Waals surface area contributed by atoms with Crippen molar-refractivity contribution < 1.29 is 107 Å². The van der Waals surface area contributed by atoms with Crippen LogP contribution in [0.2, 0.25) is 0 Å². The van der Waals surface area contributed by atoms with Gasteiger partial charge in [0.2, 0.25) is 0 Å². The van der Waals surface area contributed by atoms with E-state index < -0.39 is 12.2 Å². The van der Waals surface area contributed by atoms with Gasteiger partial charge in [-0.1, -0.05) is 13.8 Å². The fraction of sp³-hybridized carbons (Fsp3) is 0.500. The summed E-state index contributed by atoms with van der Waals surface area (Å²) in [6, 6.07) is 9.80. The molecule has 18 heteroatoms. The van der Waals surface area contributed by atoms with E-state index in [1.165, 1.54) is 21.9 Å². The van der Waals surface area contributed by atoms with Crippen LogP contribution in [0, 0.1) is 72.5 Å². The van der Waals surface area contributed by atoms with Gasteiger partial charge in [-0.25, -0.2) is 18.4 Å². The summed E-state index contributed by atoms with van der Waals surface area (Å²) >= 11 is 2.45. The Kier molecular flexibility index (Phi) is 21.1. The molecule has 263 valence electrons. The number of amides is 2. The number of benzene rings is 2. The van der Waals surface area contributed by atoms with Gasteiger partial charge >= 0.3 is 41.7 Å². The Morgan fingerprint density at radius 2 is 1.26 bits per heavy atom. The van der Waals surface area contributed by atoms with Crippen LogP contribution in [-0.2, 0) is 9.47 Å². The molecule has 0 aliphatic carbocycles. The maximum absolute atomic E-state index is 14.5. The zero-order chi connectivity index (χ0) is 33.9. The molecule has 2 aromatic rings. The van der Waals surface area contributed by atoms with E-state index in [1.807, 2.05) is 23.6 Å². The van der Waals surface area contributed by atoms with E-state index in [2.05, 4.69) is 26.2 Å². The molecule has 2 aromatic carbocycles. The van der Waals surface area contributed by atoms with Gasteiger partial charge in [-0.2, -0.15) is 16.8 Å². The van der Waals surface area contributed by atoms with E-state index in [4.69, 9.17) is 21.3 Å². The van der Waals surface area contributed by atoms with Crippen LogP contribution >= 0.6 is 15.9 Å². The van der Waals surface area contributed by atoms with Gasteiger partial charge in [0.1, 0.15) is 41.9 Å². The maximum atomic E-state index is 14.5. The predicted octanol–water partition coefficient (Wildman–Crippen LogP) is 2.18. The molecule has 50 heavy (non-hydrogen) atoms. The van der Waals surface area contributed by atoms with E-state index in [-0.39, 0.29) is 103 Å². The van der Waals surface area contributed by atoms with E-state index in [0.29, 0.717) is 62.0 Å². The Bertz CT molecular complexity index is 1490. The first-order valence-electron chi connectivity index (χ1n) is 15.6. The SMILES string of the molecule is CC[C@H]1CN(c2ccc(N3CCNCC3)c(F)c2)C(=O)O1.N#CBr.[Ac].[C-]#[N+]N1CCN(c2ccc(N3C[C@H](CC)OC3=O)cc2F)CC1.[Na+].[OH-]. The zero-order valence-corrected chi connectivity index (χ0v) is 36.9. The number of halogens is 3. The summed E-state index contributed by atoms with van der Waals surface area (Å²) in [7, 11) is 0. The normalized spacial score (nSPS) is 19.5. The molecule has 2 atom stereocenters. The van der Waals surface area contributed by atoms with Crippen molar-refractivity contribution in [3.63, 3.8) is 0 Å². The molecule has 4 aliphatic rings. The summed E-state index contributed by atoms with van der Waals surface area (Å²) in [6.45, 7) is 17.6. The number of rotatable bonds is 6. The zero-order valence-electron chi connectivity index (χ0n) is 28.5. The second-order valence-corrected chi connectivity index (χ2v) is 11.5. The van der Waals surface area contributed by atoms with Crippen molar-refractivity contribution in [2.45, 2.75) is 38.9 Å². The van der Waals surface area contributed by atoms with Crippen molar-refractivity contribution in [3.05, 3.63) is 59.6 Å². The minimum Gasteiger partial charge on any atom is -0.870 e. The molecule has 1 radical (unpaired) electrons. The number of nitrogens with one attached hydrogen (secondary N) is 1. The molecule has 2 N–H and O–H groups in total. The molecular weight excluding hydrogens is 944 g/mol. The van der Waals surface area contributed by atoms with Gasteiger partial charge in [0, 0.05) is 99.3 Å². The van der Waals surface area contributed by atoms with Crippen LogP contribution in [0.1, 0.15) is 26.7 Å². The monoisotopic (exact) mass is 983 g/mol. The molecule has 0 bridgehead atoms. The van der Waals surface area contributed by atoms with Gasteiger partial charge in [0.25, 0.3) is 0 Å². The number of cyclic esters (lactones) is 2. The molecular formula is C32H40AcBrF2N8NaO5. The molecule has 0 aromatic heterocycles. The molecule has 6 rings (SSSR count). The second-order valence-electron chi connectivity index (χ2n) is 11.2. The Hall–Kier alpha value is -1.94. The smallest absolute Gasteiger partial charge is 0.870 e. The van der Waals surface area contributed by atoms with E-state index in [9.17, 15) is 18.4 Å². The third-order valence-electron chi connectivity index (χ3n) is 8.34. The van der Waals surface area contributed by atoms with Crippen LogP contribution in [0.25, 0.3) is 4.95 Å². The van der Waals surface area contributed by atoms with Crippen LogP contribution < -0.4 is 54.5 Å². The van der Waals surface area contributed by atoms with Crippen molar-refractivity contribution in [3.8, 4) is 4.98 Å². The van der Waals surface area contributed by atoms with Crippen molar-refractivity contribution in [1.29, 1.82) is 5.26 Å². The number of hydrogen-bond donors (Lipinski definition) is 1. The topological polar surface area (TPSA) is 139 Å². The Morgan fingerprint density at radius 3 is 1.60 bits per heavy atom. The average molecular weight is 985 g/mol. The number of piperazine rings is 2. The Labute approximate surface area is 358 Å². The first kappa shape index (κ1) is 46.1. The summed E-state index contributed by atoms with van der Waals surface area (Å²) < 4.78 is 39.3. The van der Waals surface area contributed by atoms with Gasteiger partial charge in [0.05, 0.1) is 35.8 Å². The van der Waals surface area contributed by atoms with Crippen molar-refractivity contribution >= 4 is 50.9 Å². The van der Waals surface area contributed by atoms with E-state index in [1.54, 1.807) is 34.3 Å². The molecule has 4 heterocycles. The minimum atomic E-state index is -0.422. The molecule has 4 fully saturated rings. The molecule has 0 saturated carbocycles. The Morgan fingerprint density at radius 1 is 0.860 bits per heavy atom. The van der Waals surface area contributed by atoms with Crippen LogP contribution in [-0.4, -0.2) is 100 Å². The number of anilines is 4. The molecule has 4 aliphatic heterocycles. The minimum absolute atomic E-state index is 0. The van der Waals surface area contributed by atoms with Crippen molar-refractivity contribution in [2.75, 3.05) is 85.0 Å². The number of nitriles is 1. The fourth-order valence-corrected chi connectivity index (χ4v) is 5.67.